The van der Waals surface area contributed by atoms with Crippen LogP contribution in [0.2, 0.25) is 0 Å². The molecule has 0 aromatic heterocycles. The van der Waals surface area contributed by atoms with E-state index >= 15 is 0 Å². The van der Waals surface area contributed by atoms with Crippen LogP contribution in [0.25, 0.3) is 0 Å². The topological polar surface area (TPSA) is 52.6 Å². The molecule has 29 heavy (non-hydrogen) atoms. The number of carbonyl (C=O) groups excluding carboxylic acids is 1. The molecule has 4 heteroatoms. The first-order valence-electron chi connectivity index (χ1n) is 12.4. The molecule has 4 bridgehead atoms. The highest BCUT2D eigenvalue weighted by Gasteiger charge is 2.52. The third-order valence-electron chi connectivity index (χ3n) is 9.39. The Bertz CT molecular complexity index is 600. The zero-order chi connectivity index (χ0) is 20.4. The first-order chi connectivity index (χ1) is 13.6. The van der Waals surface area contributed by atoms with Crippen LogP contribution in [0.4, 0.5) is 0 Å². The summed E-state index contributed by atoms with van der Waals surface area (Å²) in [6.45, 7) is 9.36. The molecular weight excluding hydrogens is 360 g/mol. The fourth-order valence-corrected chi connectivity index (χ4v) is 7.99. The van der Waals surface area contributed by atoms with Gasteiger partial charge in [-0.2, -0.15) is 0 Å². The van der Waals surface area contributed by atoms with Crippen molar-refractivity contribution in [2.75, 3.05) is 19.6 Å². The minimum absolute atomic E-state index is 0.0459. The first-order valence-corrected chi connectivity index (χ1v) is 12.4. The molecule has 0 aromatic carbocycles. The number of likely N-dealkylation sites (tertiary alicyclic amines) is 1. The van der Waals surface area contributed by atoms with Gasteiger partial charge in [-0.15, -0.1) is 0 Å². The Balaban J connectivity index is 1.10. The average Bonchev–Trinajstić information content (AvgIpc) is 2.58. The van der Waals surface area contributed by atoms with Crippen molar-refractivity contribution in [1.29, 1.82) is 0 Å². The molecule has 4 nitrogen and oxygen atoms in total. The van der Waals surface area contributed by atoms with Crippen molar-refractivity contribution in [3.63, 3.8) is 0 Å². The molecule has 5 aliphatic carbocycles. The minimum atomic E-state index is -0.262. The number of rotatable bonds is 4. The number of aliphatic hydroxyl groups is 1. The second-order valence-corrected chi connectivity index (χ2v) is 13.0. The maximum absolute atomic E-state index is 13.2. The number of β-amino-alcohol motifs (C(OH)–C–C–N with tert-alkyl or cyclic N) is 1. The van der Waals surface area contributed by atoms with E-state index in [0.29, 0.717) is 11.3 Å². The quantitative estimate of drug-likeness (QED) is 0.748. The number of nitrogens with zero attached hydrogens (tertiary/aromatic N) is 1. The molecule has 1 saturated heterocycles. The summed E-state index contributed by atoms with van der Waals surface area (Å²) in [5.41, 5.74) is 0.544. The van der Waals surface area contributed by atoms with E-state index in [2.05, 4.69) is 31.0 Å². The predicted molar refractivity (Wildman–Crippen MR) is 115 cm³/mol. The van der Waals surface area contributed by atoms with Crippen LogP contribution >= 0.6 is 0 Å². The molecule has 1 spiro atoms. The van der Waals surface area contributed by atoms with Crippen molar-refractivity contribution in [2.24, 2.45) is 34.5 Å². The Labute approximate surface area is 177 Å². The second kappa shape index (κ2) is 6.95. The Morgan fingerprint density at radius 2 is 1.55 bits per heavy atom. The van der Waals surface area contributed by atoms with Crippen LogP contribution in [0.3, 0.4) is 0 Å². The van der Waals surface area contributed by atoms with Crippen LogP contribution in [0.5, 0.6) is 0 Å². The molecule has 1 heterocycles. The van der Waals surface area contributed by atoms with Gasteiger partial charge in [0.1, 0.15) is 0 Å². The molecule has 6 rings (SSSR count). The molecule has 6 aliphatic rings. The second-order valence-electron chi connectivity index (χ2n) is 13.0. The molecule has 6 fully saturated rings. The summed E-state index contributed by atoms with van der Waals surface area (Å²) >= 11 is 0. The van der Waals surface area contributed by atoms with Crippen molar-refractivity contribution in [3.8, 4) is 0 Å². The van der Waals surface area contributed by atoms with Crippen LogP contribution in [0.15, 0.2) is 0 Å². The van der Waals surface area contributed by atoms with Gasteiger partial charge in [-0.3, -0.25) is 9.69 Å². The molecule has 1 amide bonds. The van der Waals surface area contributed by atoms with Crippen molar-refractivity contribution >= 4 is 5.91 Å². The number of hydrogen-bond donors (Lipinski definition) is 2. The normalized spacial score (nSPS) is 40.1. The highest BCUT2D eigenvalue weighted by atomic mass is 16.3. The van der Waals surface area contributed by atoms with Gasteiger partial charge in [-0.1, -0.05) is 20.8 Å². The number of aliphatic hydroxyl groups excluding tert-OH is 1. The largest absolute Gasteiger partial charge is 0.391 e. The van der Waals surface area contributed by atoms with Gasteiger partial charge >= 0.3 is 0 Å². The molecule has 5 saturated carbocycles. The van der Waals surface area contributed by atoms with E-state index in [4.69, 9.17) is 0 Å². The zero-order valence-corrected chi connectivity index (χ0v) is 18.9. The maximum Gasteiger partial charge on any atom is 0.223 e. The van der Waals surface area contributed by atoms with Gasteiger partial charge < -0.3 is 10.4 Å². The summed E-state index contributed by atoms with van der Waals surface area (Å²) < 4.78 is 0. The molecule has 2 N–H and O–H groups in total. The molecule has 1 unspecified atom stereocenters. The fourth-order valence-electron chi connectivity index (χ4n) is 7.99. The Morgan fingerprint density at radius 1 is 1.03 bits per heavy atom. The number of hydrogen-bond acceptors (Lipinski definition) is 3. The summed E-state index contributed by atoms with van der Waals surface area (Å²) in [4.78, 5) is 15.6. The van der Waals surface area contributed by atoms with Gasteiger partial charge in [0.15, 0.2) is 0 Å². The Morgan fingerprint density at radius 3 is 2.03 bits per heavy atom. The van der Waals surface area contributed by atoms with Crippen LogP contribution < -0.4 is 5.32 Å². The van der Waals surface area contributed by atoms with E-state index in [1.54, 1.807) is 0 Å². The summed E-state index contributed by atoms with van der Waals surface area (Å²) in [6.07, 6.45) is 12.3. The SMILES string of the molecule is CC(C)(C)C(O)CN1CC2(CCC(C(=O)NC34CC5CC(CC(C5)C3)C4)CC2)C1. The number of nitrogens with one attached hydrogen (secondary N) is 1. The lowest BCUT2D eigenvalue weighted by Gasteiger charge is -2.57. The zero-order valence-electron chi connectivity index (χ0n) is 18.9. The first kappa shape index (κ1) is 20.3. The van der Waals surface area contributed by atoms with Gasteiger partial charge in [-0.05, 0) is 92.8 Å². The van der Waals surface area contributed by atoms with E-state index in [0.717, 1.165) is 50.2 Å². The van der Waals surface area contributed by atoms with Crippen molar-refractivity contribution in [1.82, 2.24) is 10.2 Å². The summed E-state index contributed by atoms with van der Waals surface area (Å²) in [5.74, 6) is 3.28. The van der Waals surface area contributed by atoms with Crippen LogP contribution in [-0.4, -0.2) is 47.2 Å². The van der Waals surface area contributed by atoms with E-state index in [9.17, 15) is 9.90 Å². The van der Waals surface area contributed by atoms with E-state index < -0.39 is 0 Å². The summed E-state index contributed by atoms with van der Waals surface area (Å²) in [6, 6.07) is 0. The van der Waals surface area contributed by atoms with Crippen LogP contribution in [0.1, 0.15) is 85.0 Å². The van der Waals surface area contributed by atoms with Gasteiger partial charge in [0.25, 0.3) is 0 Å². The lowest BCUT2D eigenvalue weighted by molar-refractivity contribution is -0.134. The summed E-state index contributed by atoms with van der Waals surface area (Å²) in [7, 11) is 0. The van der Waals surface area contributed by atoms with Crippen molar-refractivity contribution < 1.29 is 9.90 Å². The van der Waals surface area contributed by atoms with E-state index in [1.165, 1.54) is 51.4 Å². The third-order valence-corrected chi connectivity index (χ3v) is 9.39. The van der Waals surface area contributed by atoms with E-state index in [1.807, 2.05) is 0 Å². The fraction of sp³-hybridized carbons (Fsp3) is 0.960. The molecule has 0 aromatic rings. The molecule has 164 valence electrons. The smallest absolute Gasteiger partial charge is 0.223 e. The molecule has 1 atom stereocenters. The standard InChI is InChI=1S/C25H42N2O2/c1-23(2,3)21(28)14-27-15-24(16-27)6-4-20(5-7-24)22(29)26-25-11-17-8-18(12-25)10-19(9-17)13-25/h17-21,28H,4-16H2,1-3H3,(H,26,29). The van der Waals surface area contributed by atoms with E-state index in [-0.39, 0.29) is 23.0 Å². The predicted octanol–water partition coefficient (Wildman–Crippen LogP) is 3.97. The van der Waals surface area contributed by atoms with Crippen LogP contribution in [-0.2, 0) is 4.79 Å². The minimum Gasteiger partial charge on any atom is -0.391 e. The summed E-state index contributed by atoms with van der Waals surface area (Å²) in [5, 5.41) is 14.0. The monoisotopic (exact) mass is 402 g/mol. The third kappa shape index (κ3) is 3.89. The Kier molecular flexibility index (Phi) is 4.87. The maximum atomic E-state index is 13.2. The van der Waals surface area contributed by atoms with Gasteiger partial charge in [0.05, 0.1) is 6.10 Å². The molecular formula is C25H42N2O2. The average molecular weight is 403 g/mol. The lowest BCUT2D eigenvalue weighted by Crippen LogP contribution is -2.62. The lowest BCUT2D eigenvalue weighted by atomic mass is 9.53. The van der Waals surface area contributed by atoms with Crippen molar-refractivity contribution in [3.05, 3.63) is 0 Å². The molecule has 1 aliphatic heterocycles. The molecule has 0 radical (unpaired) electrons. The van der Waals surface area contributed by atoms with Gasteiger partial charge in [0.2, 0.25) is 5.91 Å². The van der Waals surface area contributed by atoms with Crippen molar-refractivity contribution in [2.45, 2.75) is 96.6 Å². The van der Waals surface area contributed by atoms with Gasteiger partial charge in [0, 0.05) is 31.1 Å². The highest BCUT2D eigenvalue weighted by Crippen LogP contribution is 2.56. The van der Waals surface area contributed by atoms with Gasteiger partial charge in [-0.25, -0.2) is 0 Å². The van der Waals surface area contributed by atoms with Crippen LogP contribution in [0, 0.1) is 34.5 Å². The number of amides is 1. The number of carbonyl (C=O) groups is 1. The highest BCUT2D eigenvalue weighted by molar-refractivity contribution is 5.79. The Hall–Kier alpha value is -0.610.